The molecule has 0 aromatic carbocycles. The number of nitrogens with one attached hydrogen (secondary N) is 1. The van der Waals surface area contributed by atoms with Gasteiger partial charge in [-0.05, 0) is 40.6 Å². The molecule has 2 nitrogen and oxygen atoms in total. The predicted octanol–water partition coefficient (Wildman–Crippen LogP) is 4.14. The topological polar surface area (TPSA) is 24.9 Å². The van der Waals surface area contributed by atoms with Crippen molar-refractivity contribution >= 4 is 32.4 Å². The lowest BCUT2D eigenvalue weighted by molar-refractivity contribution is 0.300. The maximum atomic E-state index is 4.33. The molecule has 1 aromatic heterocycles. The van der Waals surface area contributed by atoms with Gasteiger partial charge in [0.1, 0.15) is 4.60 Å². The van der Waals surface area contributed by atoms with Crippen LogP contribution >= 0.6 is 27.3 Å². The number of hydrogen-bond donors (Lipinski definition) is 1. The van der Waals surface area contributed by atoms with Gasteiger partial charge in [0.05, 0.1) is 0 Å². The number of anilines is 1. The first-order chi connectivity index (χ1) is 7.24. The summed E-state index contributed by atoms with van der Waals surface area (Å²) < 4.78 is 0.937. The van der Waals surface area contributed by atoms with Gasteiger partial charge in [0, 0.05) is 11.9 Å². The first-order valence-corrected chi connectivity index (χ1v) is 7.26. The number of halogens is 1. The van der Waals surface area contributed by atoms with E-state index < -0.39 is 0 Å². The minimum Gasteiger partial charge on any atom is -0.361 e. The molecule has 1 aliphatic rings. The maximum Gasteiger partial charge on any atom is 0.183 e. The Hall–Kier alpha value is -0.0900. The van der Waals surface area contributed by atoms with Crippen LogP contribution in [0.4, 0.5) is 5.13 Å². The van der Waals surface area contributed by atoms with Crippen molar-refractivity contribution in [1.29, 1.82) is 0 Å². The first-order valence-electron chi connectivity index (χ1n) is 5.59. The van der Waals surface area contributed by atoms with E-state index in [4.69, 9.17) is 0 Å². The quantitative estimate of drug-likeness (QED) is 0.904. The van der Waals surface area contributed by atoms with Gasteiger partial charge in [-0.15, -0.1) is 11.3 Å². The second-order valence-electron chi connectivity index (χ2n) is 4.48. The molecule has 0 unspecified atom stereocenters. The van der Waals surface area contributed by atoms with E-state index in [1.54, 1.807) is 11.3 Å². The predicted molar refractivity (Wildman–Crippen MR) is 69.4 cm³/mol. The van der Waals surface area contributed by atoms with E-state index in [0.717, 1.165) is 28.1 Å². The Morgan fingerprint density at radius 3 is 2.80 bits per heavy atom. The summed E-state index contributed by atoms with van der Waals surface area (Å²) in [6.45, 7) is 3.45. The molecular weight excluding hydrogens is 272 g/mol. The number of hydrogen-bond acceptors (Lipinski definition) is 3. The molecule has 4 heteroatoms. The van der Waals surface area contributed by atoms with Gasteiger partial charge in [-0.1, -0.05) is 19.8 Å². The largest absolute Gasteiger partial charge is 0.361 e. The average Bonchev–Trinajstić information content (AvgIpc) is 2.64. The van der Waals surface area contributed by atoms with Crippen LogP contribution in [0.1, 0.15) is 32.6 Å². The van der Waals surface area contributed by atoms with Crippen molar-refractivity contribution in [3.05, 3.63) is 9.98 Å². The van der Waals surface area contributed by atoms with Crippen LogP contribution in [-0.4, -0.2) is 11.5 Å². The van der Waals surface area contributed by atoms with E-state index >= 15 is 0 Å². The molecule has 0 spiro atoms. The van der Waals surface area contributed by atoms with Crippen molar-refractivity contribution in [3.63, 3.8) is 0 Å². The number of thiazole rings is 1. The van der Waals surface area contributed by atoms with Gasteiger partial charge in [0.15, 0.2) is 5.13 Å². The Bertz CT molecular complexity index is 305. The standard InChI is InChI=1S/C11H17BrN2S/c1-8-2-4-9(5-3-8)6-13-11-14-10(12)7-15-11/h7-9H,2-6H2,1H3,(H,13,14). The molecule has 2 rings (SSSR count). The third kappa shape index (κ3) is 3.45. The smallest absolute Gasteiger partial charge is 0.183 e. The third-order valence-electron chi connectivity index (χ3n) is 3.15. The highest BCUT2D eigenvalue weighted by Gasteiger charge is 2.17. The van der Waals surface area contributed by atoms with Crippen LogP contribution in [0.3, 0.4) is 0 Å². The van der Waals surface area contributed by atoms with Crippen molar-refractivity contribution in [2.75, 3.05) is 11.9 Å². The Morgan fingerprint density at radius 1 is 1.47 bits per heavy atom. The van der Waals surface area contributed by atoms with Crippen molar-refractivity contribution < 1.29 is 0 Å². The fraction of sp³-hybridized carbons (Fsp3) is 0.727. The average molecular weight is 289 g/mol. The van der Waals surface area contributed by atoms with E-state index in [-0.39, 0.29) is 0 Å². The fourth-order valence-corrected chi connectivity index (χ4v) is 3.25. The number of rotatable bonds is 3. The summed E-state index contributed by atoms with van der Waals surface area (Å²) in [5.74, 6) is 1.79. The molecule has 15 heavy (non-hydrogen) atoms. The van der Waals surface area contributed by atoms with Gasteiger partial charge in [0.2, 0.25) is 0 Å². The molecule has 1 aromatic rings. The van der Waals surface area contributed by atoms with Gasteiger partial charge in [0.25, 0.3) is 0 Å². The molecule has 84 valence electrons. The highest BCUT2D eigenvalue weighted by atomic mass is 79.9. The zero-order valence-electron chi connectivity index (χ0n) is 9.00. The second kappa shape index (κ2) is 5.30. The summed E-state index contributed by atoms with van der Waals surface area (Å²) in [5.41, 5.74) is 0. The summed E-state index contributed by atoms with van der Waals surface area (Å²) in [6.07, 6.45) is 5.54. The van der Waals surface area contributed by atoms with Gasteiger partial charge in [-0.2, -0.15) is 0 Å². The van der Waals surface area contributed by atoms with Gasteiger partial charge < -0.3 is 5.32 Å². The van der Waals surface area contributed by atoms with E-state index in [1.807, 2.05) is 5.38 Å². The molecule has 0 saturated heterocycles. The van der Waals surface area contributed by atoms with Crippen LogP contribution in [0.2, 0.25) is 0 Å². The Morgan fingerprint density at radius 2 is 2.20 bits per heavy atom. The van der Waals surface area contributed by atoms with Crippen molar-refractivity contribution in [2.45, 2.75) is 32.6 Å². The Balaban J connectivity index is 1.74. The monoisotopic (exact) mass is 288 g/mol. The SMILES string of the molecule is CC1CCC(CNc2nc(Br)cs2)CC1. The Labute approximate surface area is 104 Å². The summed E-state index contributed by atoms with van der Waals surface area (Å²) >= 11 is 5.03. The second-order valence-corrected chi connectivity index (χ2v) is 6.15. The van der Waals surface area contributed by atoms with Gasteiger partial charge >= 0.3 is 0 Å². The molecule has 1 fully saturated rings. The summed E-state index contributed by atoms with van der Waals surface area (Å²) in [6, 6.07) is 0. The van der Waals surface area contributed by atoms with E-state index in [1.165, 1.54) is 25.7 Å². The van der Waals surface area contributed by atoms with Crippen LogP contribution in [-0.2, 0) is 0 Å². The molecule has 0 aliphatic heterocycles. The summed E-state index contributed by atoms with van der Waals surface area (Å²) in [4.78, 5) is 4.33. The molecular formula is C11H17BrN2S. The lowest BCUT2D eigenvalue weighted by Crippen LogP contribution is -2.20. The van der Waals surface area contributed by atoms with Crippen LogP contribution in [0.15, 0.2) is 9.98 Å². The molecule has 1 saturated carbocycles. The molecule has 0 atom stereocenters. The highest BCUT2D eigenvalue weighted by molar-refractivity contribution is 9.10. The molecule has 0 amide bonds. The fourth-order valence-electron chi connectivity index (χ4n) is 2.10. The molecule has 0 radical (unpaired) electrons. The lowest BCUT2D eigenvalue weighted by atomic mass is 9.83. The number of aromatic nitrogens is 1. The molecule has 1 aliphatic carbocycles. The molecule has 1 heterocycles. The van der Waals surface area contributed by atoms with Gasteiger partial charge in [-0.3, -0.25) is 0 Å². The van der Waals surface area contributed by atoms with Crippen LogP contribution in [0.25, 0.3) is 0 Å². The Kier molecular flexibility index (Phi) is 4.03. The van der Waals surface area contributed by atoms with E-state index in [0.29, 0.717) is 0 Å². The normalized spacial score (nSPS) is 26.5. The lowest BCUT2D eigenvalue weighted by Gasteiger charge is -2.26. The third-order valence-corrected chi connectivity index (χ3v) is 4.66. The zero-order valence-corrected chi connectivity index (χ0v) is 11.4. The van der Waals surface area contributed by atoms with Gasteiger partial charge in [-0.25, -0.2) is 4.98 Å². The van der Waals surface area contributed by atoms with Crippen LogP contribution < -0.4 is 5.32 Å². The molecule has 0 bridgehead atoms. The maximum absolute atomic E-state index is 4.33. The van der Waals surface area contributed by atoms with Crippen molar-refractivity contribution in [2.24, 2.45) is 11.8 Å². The highest BCUT2D eigenvalue weighted by Crippen LogP contribution is 2.29. The van der Waals surface area contributed by atoms with Crippen LogP contribution in [0, 0.1) is 11.8 Å². The molecule has 1 N–H and O–H groups in total. The van der Waals surface area contributed by atoms with E-state index in [2.05, 4.69) is 33.2 Å². The zero-order chi connectivity index (χ0) is 10.7. The van der Waals surface area contributed by atoms with E-state index in [9.17, 15) is 0 Å². The van der Waals surface area contributed by atoms with Crippen molar-refractivity contribution in [1.82, 2.24) is 4.98 Å². The minimum atomic E-state index is 0.851. The first kappa shape index (κ1) is 11.4. The number of nitrogens with zero attached hydrogens (tertiary/aromatic N) is 1. The van der Waals surface area contributed by atoms with Crippen molar-refractivity contribution in [3.8, 4) is 0 Å². The summed E-state index contributed by atoms with van der Waals surface area (Å²) in [5, 5.41) is 6.49. The summed E-state index contributed by atoms with van der Waals surface area (Å²) in [7, 11) is 0. The van der Waals surface area contributed by atoms with Crippen LogP contribution in [0.5, 0.6) is 0 Å². The minimum absolute atomic E-state index is 0.851.